The van der Waals surface area contributed by atoms with Crippen LogP contribution >= 0.6 is 0 Å². The average molecular weight is 1050 g/mol. The second-order valence-corrected chi connectivity index (χ2v) is 21.2. The number of hydrogen-bond acceptors (Lipinski definition) is 15. The van der Waals surface area contributed by atoms with Crippen LogP contribution < -0.4 is 25.6 Å². The van der Waals surface area contributed by atoms with E-state index in [1.54, 1.807) is 34.8 Å². The number of carbonyl (C=O) groups is 2. The highest BCUT2D eigenvalue weighted by atomic mass is 32.2. The molecule has 74 heavy (non-hydrogen) atoms. The van der Waals surface area contributed by atoms with Gasteiger partial charge in [-0.1, -0.05) is 77.3 Å². The number of rotatable bonds is 24. The van der Waals surface area contributed by atoms with Gasteiger partial charge in [0.2, 0.25) is 0 Å². The van der Waals surface area contributed by atoms with Crippen LogP contribution in [-0.4, -0.2) is 105 Å². The number of benzene rings is 4. The van der Waals surface area contributed by atoms with Crippen LogP contribution in [0.2, 0.25) is 0 Å². The number of nitrogens with one attached hydrogen (secondary N) is 3. The summed E-state index contributed by atoms with van der Waals surface area (Å²) in [6, 6.07) is 35.9. The molecule has 1 fully saturated rings. The Balaban J connectivity index is 0.000000332. The van der Waals surface area contributed by atoms with Crippen molar-refractivity contribution in [2.24, 2.45) is 0 Å². The van der Waals surface area contributed by atoms with Gasteiger partial charge in [-0.25, -0.2) is 18.0 Å². The number of nitriles is 2. The highest BCUT2D eigenvalue weighted by Crippen LogP contribution is 2.24. The summed E-state index contributed by atoms with van der Waals surface area (Å²) in [4.78, 5) is 35.4. The summed E-state index contributed by atoms with van der Waals surface area (Å²) < 4.78 is 53.9. The summed E-state index contributed by atoms with van der Waals surface area (Å²) in [5, 5.41) is 34.2. The van der Waals surface area contributed by atoms with Crippen molar-refractivity contribution in [1.82, 2.24) is 20.6 Å². The number of aliphatic hydroxyl groups excluding tert-OH is 1. The molecule has 0 saturated carbocycles. The van der Waals surface area contributed by atoms with Gasteiger partial charge in [0.25, 0.3) is 10.0 Å². The SMILES string of the molecule is CC(C)(C)OC(=O)N[C@@H](Cc1ccccc1)C1CO1.COc1ccc(CNOC(C)CCC#N)cc1.COc1ccc(S(=O)(=O)N(C[C@@H](O)[C@H](Cc2ccccc2)NC(=O)OC(C)(C)C)OC(C)CCC#N)cc1. The van der Waals surface area contributed by atoms with E-state index in [0.29, 0.717) is 25.3 Å². The van der Waals surface area contributed by atoms with E-state index in [1.165, 1.54) is 36.9 Å². The number of hydrogen-bond donors (Lipinski definition) is 4. The number of methoxy groups -OCH3 is 2. The van der Waals surface area contributed by atoms with Crippen molar-refractivity contribution < 1.29 is 56.5 Å². The van der Waals surface area contributed by atoms with E-state index in [2.05, 4.69) is 22.2 Å². The summed E-state index contributed by atoms with van der Waals surface area (Å²) in [7, 11) is -1.12. The minimum Gasteiger partial charge on any atom is -0.497 e. The van der Waals surface area contributed by atoms with Gasteiger partial charge in [-0.2, -0.15) is 16.0 Å². The molecule has 4 aromatic carbocycles. The molecule has 2 amide bonds. The molecule has 0 bridgehead atoms. The lowest BCUT2D eigenvalue weighted by atomic mass is 10.0. The Hall–Kier alpha value is -6.29. The smallest absolute Gasteiger partial charge is 0.407 e. The molecule has 1 aliphatic rings. The van der Waals surface area contributed by atoms with Crippen LogP contribution in [0.25, 0.3) is 0 Å². The van der Waals surface area contributed by atoms with Crippen LogP contribution in [0, 0.1) is 22.7 Å². The first kappa shape index (κ1) is 62.0. The van der Waals surface area contributed by atoms with E-state index in [1.807, 2.05) is 119 Å². The van der Waals surface area contributed by atoms with Gasteiger partial charge >= 0.3 is 12.2 Å². The predicted molar refractivity (Wildman–Crippen MR) is 280 cm³/mol. The van der Waals surface area contributed by atoms with Gasteiger partial charge in [0.15, 0.2) is 0 Å². The summed E-state index contributed by atoms with van der Waals surface area (Å²) in [6.45, 7) is 15.1. The Morgan fingerprint density at radius 1 is 0.716 bits per heavy atom. The number of hydroxylamine groups is 2. The van der Waals surface area contributed by atoms with E-state index in [9.17, 15) is 23.1 Å². The zero-order chi connectivity index (χ0) is 54.7. The normalized spacial score (nSPS) is 15.1. The Morgan fingerprint density at radius 2 is 1.19 bits per heavy atom. The highest BCUT2D eigenvalue weighted by Gasteiger charge is 2.36. The van der Waals surface area contributed by atoms with Crippen LogP contribution in [0.15, 0.2) is 114 Å². The van der Waals surface area contributed by atoms with Gasteiger partial charge < -0.3 is 39.4 Å². The summed E-state index contributed by atoms with van der Waals surface area (Å²) in [5.41, 5.74) is 4.77. The second-order valence-electron chi connectivity index (χ2n) is 19.4. The van der Waals surface area contributed by atoms with E-state index >= 15 is 0 Å². The Kier molecular flexibility index (Phi) is 26.3. The molecule has 1 aliphatic heterocycles. The first-order valence-electron chi connectivity index (χ1n) is 24.5. The predicted octanol–water partition coefficient (Wildman–Crippen LogP) is 8.74. The van der Waals surface area contributed by atoms with Gasteiger partial charge in [0, 0.05) is 19.4 Å². The third-order valence-corrected chi connectivity index (χ3v) is 12.2. The van der Waals surface area contributed by atoms with Crippen molar-refractivity contribution in [3.8, 4) is 23.6 Å². The zero-order valence-corrected chi connectivity index (χ0v) is 45.2. The second kappa shape index (κ2) is 31.4. The maximum atomic E-state index is 13.5. The molecule has 1 saturated heterocycles. The van der Waals surface area contributed by atoms with Gasteiger partial charge in [0.1, 0.15) is 28.8 Å². The Bertz CT molecular complexity index is 2440. The quantitative estimate of drug-likeness (QED) is 0.0379. The van der Waals surface area contributed by atoms with Gasteiger partial charge in [-0.3, -0.25) is 9.68 Å². The molecule has 404 valence electrons. The van der Waals surface area contributed by atoms with Crippen LogP contribution in [-0.2, 0) is 53.3 Å². The van der Waals surface area contributed by atoms with Gasteiger partial charge in [-0.05, 0) is 134 Å². The number of carbonyl (C=O) groups excluding carboxylic acids is 2. The van der Waals surface area contributed by atoms with E-state index < -0.39 is 52.1 Å². The summed E-state index contributed by atoms with van der Waals surface area (Å²) in [5.74, 6) is 1.32. The third-order valence-electron chi connectivity index (χ3n) is 10.6. The monoisotopic (exact) mass is 1040 g/mol. The van der Waals surface area contributed by atoms with Crippen molar-refractivity contribution >= 4 is 22.2 Å². The lowest BCUT2D eigenvalue weighted by molar-refractivity contribution is -0.143. The van der Waals surface area contributed by atoms with Crippen molar-refractivity contribution in [2.45, 2.75) is 153 Å². The van der Waals surface area contributed by atoms with Crippen molar-refractivity contribution in [1.29, 1.82) is 10.5 Å². The van der Waals surface area contributed by atoms with Crippen molar-refractivity contribution in [2.75, 3.05) is 27.4 Å². The number of aliphatic hydroxyl groups is 1. The number of ether oxygens (including phenoxy) is 5. The van der Waals surface area contributed by atoms with Crippen LogP contribution in [0.3, 0.4) is 0 Å². The van der Waals surface area contributed by atoms with Crippen LogP contribution in [0.5, 0.6) is 11.5 Å². The molecule has 4 N–H and O–H groups in total. The molecule has 0 aromatic heterocycles. The standard InChI is InChI=1S/C27H37N3O7S.C15H21NO3.C13H18N2O2/c1-20(10-9-17-28)37-30(38(33,34)23-15-13-22(35-5)14-16-23)19-25(31)24(18-21-11-7-6-8-12-21)29-26(32)36-27(2,3)4;1-15(2,3)19-14(17)16-12(13-10-18-13)9-11-7-5-4-6-8-11;1-11(4-3-9-14)17-15-10-12-5-7-13(16-2)8-6-12/h6-8,11-16,20,24-25,31H,9-10,18-19H2,1-5H3,(H,29,32);4-8,12-13H,9-10H2,1-3H3,(H,16,17);5-8,11,15H,3-4,10H2,1-2H3/t20?,24-,25+;12-,13?;/m00./s1. The van der Waals surface area contributed by atoms with E-state index in [4.69, 9.17) is 43.9 Å². The highest BCUT2D eigenvalue weighted by molar-refractivity contribution is 7.89. The molecule has 6 atom stereocenters. The number of sulfonamides is 1. The Morgan fingerprint density at radius 3 is 1.66 bits per heavy atom. The third kappa shape index (κ3) is 25.1. The average Bonchev–Trinajstić information content (AvgIpc) is 4.21. The van der Waals surface area contributed by atoms with Crippen molar-refractivity contribution in [3.05, 3.63) is 126 Å². The molecule has 3 unspecified atom stereocenters. The molecular formula is C55H76N6O12S. The fraction of sp³-hybridized carbons (Fsp3) is 0.491. The largest absolute Gasteiger partial charge is 0.497 e. The fourth-order valence-electron chi connectivity index (χ4n) is 6.70. The molecule has 18 nitrogen and oxygen atoms in total. The lowest BCUT2D eigenvalue weighted by Crippen LogP contribution is -2.51. The van der Waals surface area contributed by atoms with Crippen molar-refractivity contribution in [3.63, 3.8) is 0 Å². The molecule has 19 heteroatoms. The van der Waals surface area contributed by atoms with Gasteiger partial charge in [0.05, 0.1) is 74.8 Å². The molecular weight excluding hydrogens is 969 g/mol. The number of nitrogens with zero attached hydrogens (tertiary/aromatic N) is 3. The first-order chi connectivity index (χ1) is 35.0. The summed E-state index contributed by atoms with van der Waals surface area (Å²) in [6.07, 6.45) is -0.318. The molecule has 4 aromatic rings. The number of alkyl carbamates (subject to hydrolysis) is 2. The maximum absolute atomic E-state index is 13.5. The maximum Gasteiger partial charge on any atom is 0.407 e. The molecule has 5 rings (SSSR count). The minimum absolute atomic E-state index is 0.0303. The first-order valence-corrected chi connectivity index (χ1v) is 25.9. The minimum atomic E-state index is -4.24. The molecule has 1 heterocycles. The van der Waals surface area contributed by atoms with Crippen LogP contribution in [0.4, 0.5) is 9.59 Å². The number of amides is 2. The van der Waals surface area contributed by atoms with Crippen LogP contribution in [0.1, 0.15) is 97.8 Å². The molecule has 0 spiro atoms. The molecule has 0 aliphatic carbocycles. The Labute approximate surface area is 438 Å². The fourth-order valence-corrected chi connectivity index (χ4v) is 8.03. The topological polar surface area (TPSA) is 243 Å². The number of epoxide rings is 1. The lowest BCUT2D eigenvalue weighted by Gasteiger charge is -2.31. The molecule has 0 radical (unpaired) electrons. The van der Waals surface area contributed by atoms with E-state index in [0.717, 1.165) is 34.2 Å². The van der Waals surface area contributed by atoms with Gasteiger partial charge in [-0.15, -0.1) is 0 Å². The van der Waals surface area contributed by atoms with E-state index in [-0.39, 0.29) is 48.5 Å². The zero-order valence-electron chi connectivity index (χ0n) is 44.4. The summed E-state index contributed by atoms with van der Waals surface area (Å²) >= 11 is 0.